The summed E-state index contributed by atoms with van der Waals surface area (Å²) in [5.41, 5.74) is 10.5. The molecule has 0 atom stereocenters. The van der Waals surface area contributed by atoms with Gasteiger partial charge in [0.05, 0.1) is 22.2 Å². The molecule has 242 valence electrons. The van der Waals surface area contributed by atoms with E-state index in [-0.39, 0.29) is 0 Å². The molecular weight excluding hydrogens is 623 g/mol. The van der Waals surface area contributed by atoms with Gasteiger partial charge < -0.3 is 9.13 Å². The van der Waals surface area contributed by atoms with Crippen molar-refractivity contribution in [3.63, 3.8) is 0 Å². The Bertz CT molecular complexity index is 2700. The van der Waals surface area contributed by atoms with Crippen LogP contribution in [0.5, 0.6) is 0 Å². The summed E-state index contributed by atoms with van der Waals surface area (Å²) in [5.74, 6) is 1.88. The molecule has 9 aromatic rings. The fourth-order valence-electron chi connectivity index (χ4n) is 7.19. The second kappa shape index (κ2) is 12.6. The van der Waals surface area contributed by atoms with Gasteiger partial charge in [-0.05, 0) is 55.5 Å². The molecule has 5 heteroatoms. The van der Waals surface area contributed by atoms with E-state index in [9.17, 15) is 0 Å². The van der Waals surface area contributed by atoms with E-state index in [1.165, 1.54) is 16.3 Å². The third-order valence-electron chi connectivity index (χ3n) is 9.44. The van der Waals surface area contributed by atoms with Crippen molar-refractivity contribution >= 4 is 44.9 Å². The zero-order valence-corrected chi connectivity index (χ0v) is 28.1. The van der Waals surface area contributed by atoms with Crippen LogP contribution in [0.4, 0.5) is 0 Å². The summed E-state index contributed by atoms with van der Waals surface area (Å²) in [5, 5.41) is 3.59. The summed E-state index contributed by atoms with van der Waals surface area (Å²) < 4.78 is 4.67. The van der Waals surface area contributed by atoms with Crippen molar-refractivity contribution in [1.29, 1.82) is 0 Å². The highest BCUT2D eigenvalue weighted by Gasteiger charge is 2.21. The van der Waals surface area contributed by atoms with E-state index in [4.69, 9.17) is 15.0 Å². The first-order valence-electron chi connectivity index (χ1n) is 17.1. The Morgan fingerprint density at radius 2 is 1.02 bits per heavy atom. The third kappa shape index (κ3) is 5.15. The second-order valence-electron chi connectivity index (χ2n) is 12.5. The summed E-state index contributed by atoms with van der Waals surface area (Å²) >= 11 is 0. The number of fused-ring (bicyclic) bond motifs is 4. The molecule has 3 aromatic heterocycles. The summed E-state index contributed by atoms with van der Waals surface area (Å²) in [6, 6.07) is 52.5. The predicted octanol–water partition coefficient (Wildman–Crippen LogP) is 11.6. The van der Waals surface area contributed by atoms with E-state index in [0.717, 1.165) is 55.7 Å². The lowest BCUT2D eigenvalue weighted by Gasteiger charge is -2.13. The first kappa shape index (κ1) is 30.2. The standard InChI is InChI=1S/C46H33N5/c1-3-17-36-38-29-39-37-26-14-15-27-41(37)50(34-23-12-7-13-24-34)42(39)30-43(38)51(40(36)4-2)35-25-16-22-33(28-35)46-48-44(31-18-8-5-9-19-31)47-45(49-46)32-20-10-6-11-21-32/h3-30H,2H2,1H3/b17-3-. The zero-order valence-electron chi connectivity index (χ0n) is 28.1. The molecule has 3 heterocycles. The first-order valence-corrected chi connectivity index (χ1v) is 17.1. The summed E-state index contributed by atoms with van der Waals surface area (Å²) in [4.78, 5) is 14.9. The molecule has 0 radical (unpaired) electrons. The van der Waals surface area contributed by atoms with Crippen LogP contribution in [0.2, 0.25) is 0 Å². The van der Waals surface area contributed by atoms with Gasteiger partial charge in [-0.2, -0.15) is 0 Å². The largest absolute Gasteiger partial charge is 0.309 e. The van der Waals surface area contributed by atoms with Crippen molar-refractivity contribution in [1.82, 2.24) is 24.1 Å². The highest BCUT2D eigenvalue weighted by molar-refractivity contribution is 6.15. The molecule has 0 spiro atoms. The van der Waals surface area contributed by atoms with Gasteiger partial charge >= 0.3 is 0 Å². The molecule has 0 aliphatic heterocycles. The maximum Gasteiger partial charge on any atom is 0.164 e. The smallest absolute Gasteiger partial charge is 0.164 e. The van der Waals surface area contributed by atoms with E-state index in [1.807, 2.05) is 66.7 Å². The topological polar surface area (TPSA) is 48.5 Å². The maximum atomic E-state index is 5.02. The Hall–Kier alpha value is -6.85. The van der Waals surface area contributed by atoms with E-state index < -0.39 is 0 Å². The van der Waals surface area contributed by atoms with Crippen LogP contribution in [0, 0.1) is 0 Å². The van der Waals surface area contributed by atoms with Gasteiger partial charge in [-0.1, -0.05) is 128 Å². The highest BCUT2D eigenvalue weighted by Crippen LogP contribution is 2.40. The van der Waals surface area contributed by atoms with Gasteiger partial charge in [-0.25, -0.2) is 15.0 Å². The third-order valence-corrected chi connectivity index (χ3v) is 9.44. The van der Waals surface area contributed by atoms with Gasteiger partial charge in [0.2, 0.25) is 0 Å². The van der Waals surface area contributed by atoms with E-state index in [2.05, 4.69) is 126 Å². The molecule has 0 N–H and O–H groups in total. The summed E-state index contributed by atoms with van der Waals surface area (Å²) in [6.07, 6.45) is 6.24. The highest BCUT2D eigenvalue weighted by atomic mass is 15.0. The van der Waals surface area contributed by atoms with Crippen molar-refractivity contribution in [3.8, 4) is 45.5 Å². The minimum Gasteiger partial charge on any atom is -0.309 e. The molecule has 0 aliphatic rings. The molecule has 6 aromatic carbocycles. The maximum absolute atomic E-state index is 5.02. The number of allylic oxidation sites excluding steroid dienone is 1. The minimum absolute atomic E-state index is 0.612. The number of rotatable bonds is 7. The van der Waals surface area contributed by atoms with Gasteiger partial charge in [-0.15, -0.1) is 0 Å². The molecule has 0 bridgehead atoms. The molecule has 5 nitrogen and oxygen atoms in total. The van der Waals surface area contributed by atoms with Crippen LogP contribution in [-0.2, 0) is 0 Å². The fourth-order valence-corrected chi connectivity index (χ4v) is 7.19. The SMILES string of the molecule is C=Cc1c(/C=C\C)c2cc3c4ccccc4n(-c4ccccc4)c3cc2n1-c1cccc(-c2nc(-c3ccccc3)nc(-c3ccccc3)n2)c1. The lowest BCUT2D eigenvalue weighted by Crippen LogP contribution is -2.01. The van der Waals surface area contributed by atoms with Gasteiger partial charge in [0.25, 0.3) is 0 Å². The molecule has 0 saturated carbocycles. The van der Waals surface area contributed by atoms with Crippen molar-refractivity contribution < 1.29 is 0 Å². The van der Waals surface area contributed by atoms with E-state index in [0.29, 0.717) is 17.5 Å². The molecule has 0 unspecified atom stereocenters. The average molecular weight is 656 g/mol. The summed E-state index contributed by atoms with van der Waals surface area (Å²) in [7, 11) is 0. The van der Waals surface area contributed by atoms with Crippen LogP contribution in [0.15, 0.2) is 164 Å². The molecule has 9 rings (SSSR count). The van der Waals surface area contributed by atoms with Crippen LogP contribution in [0.25, 0.3) is 90.4 Å². The number of hydrogen-bond donors (Lipinski definition) is 0. The normalized spacial score (nSPS) is 11.6. The Balaban J connectivity index is 1.30. The molecule has 0 saturated heterocycles. The Morgan fingerprint density at radius 3 is 1.67 bits per heavy atom. The lowest BCUT2D eigenvalue weighted by atomic mass is 10.1. The van der Waals surface area contributed by atoms with Crippen molar-refractivity contribution in [3.05, 3.63) is 176 Å². The van der Waals surface area contributed by atoms with E-state index >= 15 is 0 Å². The van der Waals surface area contributed by atoms with Crippen molar-refractivity contribution in [2.75, 3.05) is 0 Å². The van der Waals surface area contributed by atoms with Crippen LogP contribution in [-0.4, -0.2) is 24.1 Å². The Morgan fingerprint density at radius 1 is 0.471 bits per heavy atom. The summed E-state index contributed by atoms with van der Waals surface area (Å²) in [6.45, 7) is 6.37. The number of hydrogen-bond acceptors (Lipinski definition) is 3. The van der Waals surface area contributed by atoms with Gasteiger partial charge in [0.15, 0.2) is 17.5 Å². The van der Waals surface area contributed by atoms with Crippen LogP contribution in [0.3, 0.4) is 0 Å². The monoisotopic (exact) mass is 655 g/mol. The van der Waals surface area contributed by atoms with Crippen LogP contribution < -0.4 is 0 Å². The van der Waals surface area contributed by atoms with E-state index in [1.54, 1.807) is 0 Å². The molecule has 0 aliphatic carbocycles. The number of benzene rings is 6. The van der Waals surface area contributed by atoms with Gasteiger partial charge in [0.1, 0.15) is 0 Å². The number of aromatic nitrogens is 5. The molecule has 51 heavy (non-hydrogen) atoms. The van der Waals surface area contributed by atoms with Crippen LogP contribution >= 0.6 is 0 Å². The number of nitrogens with zero attached hydrogens (tertiary/aromatic N) is 5. The lowest BCUT2D eigenvalue weighted by molar-refractivity contribution is 1.07. The minimum atomic E-state index is 0.612. The Kier molecular flexibility index (Phi) is 7.44. The second-order valence-corrected chi connectivity index (χ2v) is 12.5. The molecule has 0 amide bonds. The zero-order chi connectivity index (χ0) is 34.3. The quantitative estimate of drug-likeness (QED) is 0.172. The number of para-hydroxylation sites is 2. The van der Waals surface area contributed by atoms with Gasteiger partial charge in [0, 0.05) is 49.8 Å². The fraction of sp³-hybridized carbons (Fsp3) is 0.0217. The Labute approximate surface area is 296 Å². The average Bonchev–Trinajstić information content (AvgIpc) is 3.69. The first-order chi connectivity index (χ1) is 25.2. The predicted molar refractivity (Wildman–Crippen MR) is 212 cm³/mol. The van der Waals surface area contributed by atoms with Crippen LogP contribution in [0.1, 0.15) is 18.2 Å². The van der Waals surface area contributed by atoms with Crippen molar-refractivity contribution in [2.24, 2.45) is 0 Å². The molecular formula is C46H33N5. The van der Waals surface area contributed by atoms with Gasteiger partial charge in [-0.3, -0.25) is 0 Å². The van der Waals surface area contributed by atoms with Crippen molar-refractivity contribution in [2.45, 2.75) is 6.92 Å². The molecule has 0 fully saturated rings.